The van der Waals surface area contributed by atoms with Crippen molar-refractivity contribution >= 4 is 28.7 Å². The Bertz CT molecular complexity index is 898. The van der Waals surface area contributed by atoms with Crippen molar-refractivity contribution in [1.82, 2.24) is 15.5 Å². The first-order valence-corrected chi connectivity index (χ1v) is 10.3. The van der Waals surface area contributed by atoms with Crippen molar-refractivity contribution in [1.29, 1.82) is 0 Å². The van der Waals surface area contributed by atoms with E-state index < -0.39 is 11.7 Å². The molecule has 30 heavy (non-hydrogen) atoms. The number of nitrogens with zero attached hydrogens (tertiary/aromatic N) is 1. The highest BCUT2D eigenvalue weighted by Crippen LogP contribution is 2.29. The first kappa shape index (κ1) is 21.8. The SMILES string of the molecule is CC(C)(C)OC(=O)NCCNCCCCN1C(=O)c2cccc3cccc(c23)C1=O. The van der Waals surface area contributed by atoms with E-state index in [2.05, 4.69) is 10.6 Å². The molecule has 0 atom stereocenters. The monoisotopic (exact) mass is 411 g/mol. The van der Waals surface area contributed by atoms with Gasteiger partial charge in [-0.05, 0) is 57.7 Å². The molecule has 0 aromatic heterocycles. The van der Waals surface area contributed by atoms with Crippen molar-refractivity contribution < 1.29 is 19.1 Å². The quantitative estimate of drug-likeness (QED) is 0.514. The summed E-state index contributed by atoms with van der Waals surface area (Å²) in [6.45, 7) is 7.68. The lowest BCUT2D eigenvalue weighted by atomic mass is 9.94. The van der Waals surface area contributed by atoms with Crippen molar-refractivity contribution in [2.75, 3.05) is 26.2 Å². The minimum absolute atomic E-state index is 0.223. The zero-order valence-corrected chi connectivity index (χ0v) is 17.8. The maximum Gasteiger partial charge on any atom is 0.407 e. The second-order valence-electron chi connectivity index (χ2n) is 8.36. The molecule has 0 saturated heterocycles. The summed E-state index contributed by atoms with van der Waals surface area (Å²) in [5.74, 6) is -0.447. The Morgan fingerprint density at radius 1 is 0.933 bits per heavy atom. The Labute approximate surface area is 176 Å². The summed E-state index contributed by atoms with van der Waals surface area (Å²) < 4.78 is 5.17. The average molecular weight is 412 g/mol. The number of hydrogen-bond donors (Lipinski definition) is 2. The number of nitrogens with one attached hydrogen (secondary N) is 2. The summed E-state index contributed by atoms with van der Waals surface area (Å²) in [7, 11) is 0. The van der Waals surface area contributed by atoms with Gasteiger partial charge in [0.2, 0.25) is 0 Å². The van der Waals surface area contributed by atoms with Gasteiger partial charge in [-0.2, -0.15) is 0 Å². The number of imide groups is 1. The summed E-state index contributed by atoms with van der Waals surface area (Å²) in [6, 6.07) is 11.1. The number of carbonyl (C=O) groups is 3. The van der Waals surface area contributed by atoms with Crippen molar-refractivity contribution in [3.05, 3.63) is 47.5 Å². The van der Waals surface area contributed by atoms with Crippen LogP contribution in [-0.2, 0) is 4.74 Å². The van der Waals surface area contributed by atoms with Crippen LogP contribution >= 0.6 is 0 Å². The van der Waals surface area contributed by atoms with Crippen LogP contribution in [0.25, 0.3) is 10.8 Å². The summed E-state index contributed by atoms with van der Waals surface area (Å²) in [6.07, 6.45) is 1.10. The first-order chi connectivity index (χ1) is 14.3. The number of carbonyl (C=O) groups excluding carboxylic acids is 3. The number of rotatable bonds is 8. The fourth-order valence-electron chi connectivity index (χ4n) is 3.50. The van der Waals surface area contributed by atoms with Gasteiger partial charge in [0.05, 0.1) is 0 Å². The van der Waals surface area contributed by atoms with Crippen LogP contribution < -0.4 is 10.6 Å². The average Bonchev–Trinajstić information content (AvgIpc) is 2.68. The minimum atomic E-state index is -0.507. The van der Waals surface area contributed by atoms with Crippen LogP contribution in [0.2, 0.25) is 0 Å². The summed E-state index contributed by atoms with van der Waals surface area (Å²) in [5.41, 5.74) is 0.676. The van der Waals surface area contributed by atoms with Gasteiger partial charge in [-0.25, -0.2) is 4.79 Å². The molecule has 7 heteroatoms. The molecule has 2 aromatic rings. The predicted octanol–water partition coefficient (Wildman–Crippen LogP) is 3.33. The molecular weight excluding hydrogens is 382 g/mol. The van der Waals surface area contributed by atoms with E-state index in [1.807, 2.05) is 45.0 Å². The molecule has 3 amide bonds. The van der Waals surface area contributed by atoms with Crippen LogP contribution in [-0.4, -0.2) is 54.6 Å². The van der Waals surface area contributed by atoms with Crippen LogP contribution in [0.4, 0.5) is 4.79 Å². The fraction of sp³-hybridized carbons (Fsp3) is 0.435. The van der Waals surface area contributed by atoms with Gasteiger partial charge in [0.15, 0.2) is 0 Å². The largest absolute Gasteiger partial charge is 0.444 e. The highest BCUT2D eigenvalue weighted by Gasteiger charge is 2.31. The van der Waals surface area contributed by atoms with E-state index in [9.17, 15) is 14.4 Å². The molecule has 0 saturated carbocycles. The van der Waals surface area contributed by atoms with Gasteiger partial charge in [-0.3, -0.25) is 14.5 Å². The van der Waals surface area contributed by atoms with E-state index in [0.29, 0.717) is 37.2 Å². The van der Waals surface area contributed by atoms with Crippen LogP contribution in [0, 0.1) is 0 Å². The molecule has 160 valence electrons. The third-order valence-corrected chi connectivity index (χ3v) is 4.81. The van der Waals surface area contributed by atoms with E-state index in [1.54, 1.807) is 12.1 Å². The van der Waals surface area contributed by atoms with Crippen LogP contribution in [0.5, 0.6) is 0 Å². The Morgan fingerprint density at radius 3 is 2.17 bits per heavy atom. The van der Waals surface area contributed by atoms with Crippen molar-refractivity contribution in [2.45, 2.75) is 39.2 Å². The maximum atomic E-state index is 12.8. The molecule has 0 unspecified atom stereocenters. The Kier molecular flexibility index (Phi) is 6.72. The van der Waals surface area contributed by atoms with E-state index in [4.69, 9.17) is 4.74 Å². The zero-order chi connectivity index (χ0) is 21.7. The molecule has 3 rings (SSSR count). The van der Waals surface area contributed by atoms with Crippen LogP contribution in [0.1, 0.15) is 54.3 Å². The maximum absolute atomic E-state index is 12.8. The van der Waals surface area contributed by atoms with Gasteiger partial charge < -0.3 is 15.4 Å². The lowest BCUT2D eigenvalue weighted by Gasteiger charge is -2.27. The second kappa shape index (κ2) is 9.26. The molecule has 0 radical (unpaired) electrons. The Morgan fingerprint density at radius 2 is 1.57 bits per heavy atom. The van der Waals surface area contributed by atoms with Gasteiger partial charge in [0.1, 0.15) is 5.60 Å². The molecule has 1 aliphatic rings. The first-order valence-electron chi connectivity index (χ1n) is 10.3. The summed E-state index contributed by atoms with van der Waals surface area (Å²) in [5, 5.41) is 7.60. The number of alkyl carbamates (subject to hydrolysis) is 1. The minimum Gasteiger partial charge on any atom is -0.444 e. The lowest BCUT2D eigenvalue weighted by molar-refractivity contribution is 0.0526. The number of ether oxygens (including phenoxy) is 1. The van der Waals surface area contributed by atoms with Crippen LogP contribution in [0.3, 0.4) is 0 Å². The molecule has 2 aromatic carbocycles. The lowest BCUT2D eigenvalue weighted by Crippen LogP contribution is -2.41. The van der Waals surface area contributed by atoms with Gasteiger partial charge in [-0.15, -0.1) is 0 Å². The van der Waals surface area contributed by atoms with E-state index in [-0.39, 0.29) is 11.8 Å². The smallest absolute Gasteiger partial charge is 0.407 e. The number of unbranched alkanes of at least 4 members (excludes halogenated alkanes) is 1. The van der Waals surface area contributed by atoms with Gasteiger partial charge >= 0.3 is 6.09 Å². The molecule has 1 aliphatic heterocycles. The highest BCUT2D eigenvalue weighted by molar-refractivity contribution is 6.25. The van der Waals surface area contributed by atoms with E-state index in [0.717, 1.165) is 23.7 Å². The molecule has 7 nitrogen and oxygen atoms in total. The van der Waals surface area contributed by atoms with Gasteiger partial charge in [0.25, 0.3) is 11.8 Å². The molecule has 1 heterocycles. The normalized spacial score (nSPS) is 13.6. The van der Waals surface area contributed by atoms with Crippen molar-refractivity contribution in [3.63, 3.8) is 0 Å². The summed E-state index contributed by atoms with van der Waals surface area (Å²) >= 11 is 0. The second-order valence-corrected chi connectivity index (χ2v) is 8.36. The van der Waals surface area contributed by atoms with E-state index >= 15 is 0 Å². The number of hydrogen-bond acceptors (Lipinski definition) is 5. The molecule has 0 spiro atoms. The highest BCUT2D eigenvalue weighted by atomic mass is 16.6. The third kappa shape index (κ3) is 5.16. The Hall–Kier alpha value is -2.93. The number of benzene rings is 2. The zero-order valence-electron chi connectivity index (χ0n) is 17.8. The third-order valence-electron chi connectivity index (χ3n) is 4.81. The van der Waals surface area contributed by atoms with Crippen molar-refractivity contribution in [3.8, 4) is 0 Å². The van der Waals surface area contributed by atoms with Crippen molar-refractivity contribution in [2.24, 2.45) is 0 Å². The standard InChI is InChI=1S/C23H29N3O4/c1-23(2,3)30-22(29)25-14-13-24-12-4-5-15-26-20(27)17-10-6-8-16-9-7-11-18(19(16)17)21(26)28/h6-11,24H,4-5,12-15H2,1-3H3,(H,25,29). The molecule has 0 fully saturated rings. The molecular formula is C23H29N3O4. The summed E-state index contributed by atoms with van der Waals surface area (Å²) in [4.78, 5) is 38.5. The predicted molar refractivity (Wildman–Crippen MR) is 116 cm³/mol. The van der Waals surface area contributed by atoms with Gasteiger partial charge in [-0.1, -0.05) is 24.3 Å². The number of amides is 3. The fourth-order valence-corrected chi connectivity index (χ4v) is 3.50. The van der Waals surface area contributed by atoms with Gasteiger partial charge in [0, 0.05) is 36.1 Å². The molecule has 2 N–H and O–H groups in total. The van der Waals surface area contributed by atoms with E-state index in [1.165, 1.54) is 4.90 Å². The molecule has 0 bridgehead atoms. The Balaban J connectivity index is 1.41. The topological polar surface area (TPSA) is 87.7 Å². The molecule has 0 aliphatic carbocycles. The van der Waals surface area contributed by atoms with Crippen LogP contribution in [0.15, 0.2) is 36.4 Å².